The van der Waals surface area contributed by atoms with Crippen LogP contribution in [0.1, 0.15) is 24.3 Å². The molecule has 0 aliphatic heterocycles. The molecule has 1 fully saturated rings. The third-order valence-electron chi connectivity index (χ3n) is 4.03. The summed E-state index contributed by atoms with van der Waals surface area (Å²) in [4.78, 5) is 18.3. The molecule has 2 heterocycles. The quantitative estimate of drug-likeness (QED) is 0.888. The van der Waals surface area contributed by atoms with E-state index in [4.69, 9.17) is 4.42 Å². The van der Waals surface area contributed by atoms with E-state index < -0.39 is 6.10 Å². The van der Waals surface area contributed by atoms with Crippen LogP contribution in [0.15, 0.2) is 21.2 Å². The molecule has 0 spiro atoms. The molecule has 1 aliphatic rings. The van der Waals surface area contributed by atoms with Crippen LogP contribution in [0.25, 0.3) is 11.5 Å². The lowest BCUT2D eigenvalue weighted by Crippen LogP contribution is -2.36. The molecule has 0 saturated heterocycles. The summed E-state index contributed by atoms with van der Waals surface area (Å²) in [6, 6.07) is 1.94. The lowest BCUT2D eigenvalue weighted by atomic mass is 10.2. The highest BCUT2D eigenvalue weighted by molar-refractivity contribution is 7.08. The Morgan fingerprint density at radius 3 is 3.00 bits per heavy atom. The largest absolute Gasteiger partial charge is 0.441 e. The number of nitrogens with zero attached hydrogens (tertiary/aromatic N) is 2. The fourth-order valence-corrected chi connectivity index (χ4v) is 3.02. The van der Waals surface area contributed by atoms with Gasteiger partial charge < -0.3 is 14.4 Å². The van der Waals surface area contributed by atoms with Gasteiger partial charge >= 0.3 is 0 Å². The van der Waals surface area contributed by atoms with Gasteiger partial charge in [0.1, 0.15) is 5.76 Å². The van der Waals surface area contributed by atoms with Gasteiger partial charge in [-0.3, -0.25) is 4.79 Å². The van der Waals surface area contributed by atoms with E-state index in [0.717, 1.165) is 18.4 Å². The number of oxazole rings is 1. The maximum atomic E-state index is 12.3. The smallest absolute Gasteiger partial charge is 0.228 e. The monoisotopic (exact) mass is 320 g/mol. The number of likely N-dealkylation sites (N-methyl/N-ethyl adjacent to an activating group) is 1. The van der Waals surface area contributed by atoms with Crippen molar-refractivity contribution in [2.75, 3.05) is 13.6 Å². The van der Waals surface area contributed by atoms with E-state index in [9.17, 15) is 9.90 Å². The number of carbonyl (C=O) groups is 1. The molecule has 5 nitrogen and oxygen atoms in total. The lowest BCUT2D eigenvalue weighted by Gasteiger charge is -2.20. The zero-order chi connectivity index (χ0) is 15.7. The van der Waals surface area contributed by atoms with Crippen molar-refractivity contribution < 1.29 is 14.3 Å². The maximum Gasteiger partial charge on any atom is 0.228 e. The Labute approximate surface area is 133 Å². The molecule has 118 valence electrons. The summed E-state index contributed by atoms with van der Waals surface area (Å²) >= 11 is 1.58. The molecule has 1 saturated carbocycles. The Bertz CT molecular complexity index is 646. The fraction of sp³-hybridized carbons (Fsp3) is 0.500. The van der Waals surface area contributed by atoms with Crippen molar-refractivity contribution in [2.45, 2.75) is 32.3 Å². The van der Waals surface area contributed by atoms with Crippen molar-refractivity contribution in [3.63, 3.8) is 0 Å². The highest BCUT2D eigenvalue weighted by Crippen LogP contribution is 2.32. The van der Waals surface area contributed by atoms with Gasteiger partial charge in [0.2, 0.25) is 11.8 Å². The average Bonchev–Trinajstić information content (AvgIpc) is 3.08. The third-order valence-corrected chi connectivity index (χ3v) is 4.72. The van der Waals surface area contributed by atoms with E-state index in [-0.39, 0.29) is 12.3 Å². The van der Waals surface area contributed by atoms with Gasteiger partial charge in [-0.1, -0.05) is 0 Å². The predicted octanol–water partition coefficient (Wildman–Crippen LogP) is 2.48. The first-order valence-corrected chi connectivity index (χ1v) is 8.39. The highest BCUT2D eigenvalue weighted by Gasteiger charge is 2.31. The minimum Gasteiger partial charge on any atom is -0.441 e. The van der Waals surface area contributed by atoms with Crippen molar-refractivity contribution in [3.05, 3.63) is 28.3 Å². The summed E-state index contributed by atoms with van der Waals surface area (Å²) in [7, 11) is 1.73. The van der Waals surface area contributed by atoms with E-state index in [1.54, 1.807) is 23.3 Å². The molecule has 2 aromatic heterocycles. The normalized spacial score (nSPS) is 15.8. The Balaban J connectivity index is 1.63. The Morgan fingerprint density at radius 2 is 2.36 bits per heavy atom. The molecular formula is C16H20N2O3S. The molecule has 6 heteroatoms. The summed E-state index contributed by atoms with van der Waals surface area (Å²) in [6.45, 7) is 2.21. The summed E-state index contributed by atoms with van der Waals surface area (Å²) in [5, 5.41) is 13.9. The zero-order valence-corrected chi connectivity index (χ0v) is 13.6. The van der Waals surface area contributed by atoms with Gasteiger partial charge in [0.15, 0.2) is 0 Å². The van der Waals surface area contributed by atoms with Gasteiger partial charge in [-0.15, -0.1) is 0 Å². The summed E-state index contributed by atoms with van der Waals surface area (Å²) in [5.41, 5.74) is 1.60. The molecule has 0 radical (unpaired) electrons. The first-order valence-electron chi connectivity index (χ1n) is 7.45. The maximum absolute atomic E-state index is 12.3. The van der Waals surface area contributed by atoms with Crippen LogP contribution in [-0.4, -0.2) is 40.6 Å². The van der Waals surface area contributed by atoms with Crippen molar-refractivity contribution >= 4 is 17.2 Å². The first-order chi connectivity index (χ1) is 10.5. The number of aromatic nitrogens is 1. The second kappa shape index (κ2) is 6.22. The second-order valence-corrected chi connectivity index (χ2v) is 6.67. The Morgan fingerprint density at radius 1 is 1.59 bits per heavy atom. The molecule has 1 unspecified atom stereocenters. The average molecular weight is 320 g/mol. The number of carbonyl (C=O) groups excluding carboxylic acids is 1. The molecule has 3 rings (SSSR count). The minimum atomic E-state index is -0.409. The summed E-state index contributed by atoms with van der Waals surface area (Å²) in [6.07, 6.45) is 1.92. The summed E-state index contributed by atoms with van der Waals surface area (Å²) in [5.74, 6) is 1.55. The molecule has 0 aromatic carbocycles. The van der Waals surface area contributed by atoms with Crippen molar-refractivity contribution in [1.82, 2.24) is 9.88 Å². The molecule has 2 aromatic rings. The van der Waals surface area contributed by atoms with Crippen LogP contribution in [-0.2, 0) is 11.2 Å². The van der Waals surface area contributed by atoms with Crippen molar-refractivity contribution in [3.8, 4) is 11.5 Å². The van der Waals surface area contributed by atoms with Crippen molar-refractivity contribution in [2.24, 2.45) is 5.92 Å². The van der Waals surface area contributed by atoms with Gasteiger partial charge in [-0.05, 0) is 37.1 Å². The van der Waals surface area contributed by atoms with Crippen LogP contribution in [0, 0.1) is 12.8 Å². The standard InChI is InChI=1S/C16H20N2O3S/c1-10-13(17-16(21-10)12-5-6-22-9-12)7-15(20)18(2)8-14(19)11-3-4-11/h5-6,9,11,14,19H,3-4,7-8H2,1-2H3. The van der Waals surface area contributed by atoms with E-state index in [1.807, 2.05) is 23.8 Å². The highest BCUT2D eigenvalue weighted by atomic mass is 32.1. The Kier molecular flexibility index (Phi) is 4.31. The number of aliphatic hydroxyl groups excluding tert-OH is 1. The number of hydrogen-bond donors (Lipinski definition) is 1. The topological polar surface area (TPSA) is 66.6 Å². The number of aliphatic hydroxyl groups is 1. The zero-order valence-electron chi connectivity index (χ0n) is 12.8. The fourth-order valence-electron chi connectivity index (χ4n) is 2.39. The first kappa shape index (κ1) is 15.2. The number of thiophene rings is 1. The molecule has 1 aliphatic carbocycles. The number of amides is 1. The van der Waals surface area contributed by atoms with Gasteiger partial charge in [-0.2, -0.15) is 11.3 Å². The number of rotatable bonds is 6. The lowest BCUT2D eigenvalue weighted by molar-refractivity contribution is -0.130. The van der Waals surface area contributed by atoms with Crippen LogP contribution in [0.3, 0.4) is 0 Å². The van der Waals surface area contributed by atoms with Crippen molar-refractivity contribution in [1.29, 1.82) is 0 Å². The van der Waals surface area contributed by atoms with Crippen LogP contribution < -0.4 is 0 Å². The van der Waals surface area contributed by atoms with Gasteiger partial charge in [0, 0.05) is 24.5 Å². The second-order valence-electron chi connectivity index (χ2n) is 5.89. The predicted molar refractivity (Wildman–Crippen MR) is 84.6 cm³/mol. The van der Waals surface area contributed by atoms with Crippen LogP contribution in [0.5, 0.6) is 0 Å². The molecule has 1 N–H and O–H groups in total. The van der Waals surface area contributed by atoms with E-state index >= 15 is 0 Å². The molecular weight excluding hydrogens is 300 g/mol. The van der Waals surface area contributed by atoms with E-state index in [1.165, 1.54) is 0 Å². The molecule has 0 bridgehead atoms. The van der Waals surface area contributed by atoms with Crippen LogP contribution in [0.2, 0.25) is 0 Å². The van der Waals surface area contributed by atoms with Gasteiger partial charge in [0.05, 0.1) is 18.2 Å². The molecule has 1 atom stereocenters. The summed E-state index contributed by atoms with van der Waals surface area (Å²) < 4.78 is 5.64. The van der Waals surface area contributed by atoms with Gasteiger partial charge in [-0.25, -0.2) is 4.98 Å². The van der Waals surface area contributed by atoms with Crippen LogP contribution >= 0.6 is 11.3 Å². The van der Waals surface area contributed by atoms with E-state index in [2.05, 4.69) is 4.98 Å². The third kappa shape index (κ3) is 3.39. The van der Waals surface area contributed by atoms with E-state index in [0.29, 0.717) is 29.8 Å². The van der Waals surface area contributed by atoms with Gasteiger partial charge in [0.25, 0.3) is 0 Å². The molecule has 22 heavy (non-hydrogen) atoms. The minimum absolute atomic E-state index is 0.0482. The molecule has 1 amide bonds. The Hall–Kier alpha value is -1.66. The number of aryl methyl sites for hydroxylation is 1. The van der Waals surface area contributed by atoms with Crippen LogP contribution in [0.4, 0.5) is 0 Å². The number of hydrogen-bond acceptors (Lipinski definition) is 5. The SMILES string of the molecule is Cc1oc(-c2ccsc2)nc1CC(=O)N(C)CC(O)C1CC1.